The fraction of sp³-hybridized carbons (Fsp3) is 0.297. The van der Waals surface area contributed by atoms with Crippen LogP contribution < -0.4 is 16.0 Å². The van der Waals surface area contributed by atoms with E-state index >= 15 is 0 Å². The first-order valence-corrected chi connectivity index (χ1v) is 14.7. The lowest BCUT2D eigenvalue weighted by atomic mass is 9.69. The summed E-state index contributed by atoms with van der Waals surface area (Å²) < 4.78 is 6.31. The summed E-state index contributed by atoms with van der Waals surface area (Å²) in [4.78, 5) is 0. The number of fused-ring (bicyclic) bond motifs is 6. The SMILES string of the molecule is CCCCC(CC)C1C=C2N/C=C/C=c3/oc4ccccc4/c3=C/c3ccccc3[C@@]2(Cc2ccccc2)C1. The molecule has 2 heteroatoms. The zero-order valence-corrected chi connectivity index (χ0v) is 23.2. The Balaban J connectivity index is 1.58. The predicted molar refractivity (Wildman–Crippen MR) is 164 cm³/mol. The Bertz CT molecular complexity index is 1620. The van der Waals surface area contributed by atoms with E-state index < -0.39 is 0 Å². The first-order chi connectivity index (χ1) is 19.2. The van der Waals surface area contributed by atoms with Crippen LogP contribution in [-0.2, 0) is 11.8 Å². The third-order valence-corrected chi connectivity index (χ3v) is 8.91. The summed E-state index contributed by atoms with van der Waals surface area (Å²) >= 11 is 0. The first kappa shape index (κ1) is 25.5. The molecule has 1 aliphatic carbocycles. The van der Waals surface area contributed by atoms with Crippen LogP contribution in [0.4, 0.5) is 0 Å². The second-order valence-corrected chi connectivity index (χ2v) is 11.3. The van der Waals surface area contributed by atoms with Gasteiger partial charge in [0.15, 0.2) is 0 Å². The molecule has 0 amide bonds. The van der Waals surface area contributed by atoms with Crippen LogP contribution in [0.2, 0.25) is 0 Å². The lowest BCUT2D eigenvalue weighted by Gasteiger charge is -2.36. The Kier molecular flexibility index (Phi) is 7.28. The van der Waals surface area contributed by atoms with Gasteiger partial charge in [0.1, 0.15) is 11.0 Å². The Hall–Kier alpha value is -3.78. The van der Waals surface area contributed by atoms with Gasteiger partial charge < -0.3 is 9.73 Å². The number of para-hydroxylation sites is 1. The number of nitrogens with one attached hydrogen (secondary N) is 1. The summed E-state index contributed by atoms with van der Waals surface area (Å²) in [7, 11) is 0. The van der Waals surface area contributed by atoms with Crippen LogP contribution in [-0.4, -0.2) is 0 Å². The standard InChI is InChI=1S/C37H39NO/c1-3-5-16-28(4-2)30-24-36-37(26-30,25-27-14-7-6-8-15-27)33-19-11-9-17-29(33)23-32-31-18-10-12-20-34(31)39-35(32)21-13-22-38-36/h6-15,17-24,28,30,38H,3-5,16,25-26H2,1-2H3/b22-13+,32-23-,35-21+/t28?,30?,37-/m1/s1. The Morgan fingerprint density at radius 3 is 2.59 bits per heavy atom. The van der Waals surface area contributed by atoms with E-state index in [-0.39, 0.29) is 5.41 Å². The quantitative estimate of drug-likeness (QED) is 0.273. The predicted octanol–water partition coefficient (Wildman–Crippen LogP) is 7.76. The minimum atomic E-state index is -0.146. The molecule has 0 spiro atoms. The lowest BCUT2D eigenvalue weighted by molar-refractivity contribution is 0.303. The third-order valence-electron chi connectivity index (χ3n) is 8.91. The molecule has 198 valence electrons. The molecule has 1 N–H and O–H groups in total. The molecule has 0 saturated carbocycles. The van der Waals surface area contributed by atoms with E-state index in [1.54, 1.807) is 0 Å². The molecule has 1 aromatic heterocycles. The number of hydrogen-bond acceptors (Lipinski definition) is 2. The van der Waals surface area contributed by atoms with E-state index in [0.717, 1.165) is 34.4 Å². The number of hydrogen-bond donors (Lipinski definition) is 1. The van der Waals surface area contributed by atoms with Crippen molar-refractivity contribution >= 4 is 23.1 Å². The molecule has 2 aliphatic rings. The molecule has 1 aliphatic heterocycles. The van der Waals surface area contributed by atoms with E-state index in [1.807, 2.05) is 6.07 Å². The summed E-state index contributed by atoms with van der Waals surface area (Å²) in [6.07, 6.45) is 18.4. The Morgan fingerprint density at radius 1 is 0.949 bits per heavy atom. The van der Waals surface area contributed by atoms with Gasteiger partial charge >= 0.3 is 0 Å². The summed E-state index contributed by atoms with van der Waals surface area (Å²) in [6, 6.07) is 28.5. The van der Waals surface area contributed by atoms with Gasteiger partial charge in [-0.1, -0.05) is 112 Å². The van der Waals surface area contributed by atoms with Gasteiger partial charge in [-0.2, -0.15) is 0 Å². The molecule has 0 bridgehead atoms. The van der Waals surface area contributed by atoms with Crippen LogP contribution in [0.15, 0.2) is 107 Å². The zero-order valence-electron chi connectivity index (χ0n) is 23.2. The van der Waals surface area contributed by atoms with E-state index in [9.17, 15) is 0 Å². The number of unbranched alkanes of at least 4 members (excludes halogenated alkanes) is 1. The number of rotatable bonds is 7. The molecule has 2 nitrogen and oxygen atoms in total. The van der Waals surface area contributed by atoms with Crippen molar-refractivity contribution in [3.05, 3.63) is 130 Å². The molecule has 6 rings (SSSR count). The zero-order chi connectivity index (χ0) is 26.7. The van der Waals surface area contributed by atoms with Gasteiger partial charge in [-0.3, -0.25) is 0 Å². The van der Waals surface area contributed by atoms with Crippen LogP contribution in [0.1, 0.15) is 62.6 Å². The van der Waals surface area contributed by atoms with Crippen molar-refractivity contribution in [1.82, 2.24) is 5.32 Å². The van der Waals surface area contributed by atoms with Gasteiger partial charge in [0.2, 0.25) is 0 Å². The lowest BCUT2D eigenvalue weighted by Crippen LogP contribution is -2.35. The van der Waals surface area contributed by atoms with E-state index in [0.29, 0.717) is 11.8 Å². The van der Waals surface area contributed by atoms with Gasteiger partial charge in [0.05, 0.1) is 0 Å². The molecule has 2 unspecified atom stereocenters. The molecule has 0 saturated heterocycles. The molecule has 39 heavy (non-hydrogen) atoms. The second-order valence-electron chi connectivity index (χ2n) is 11.3. The fourth-order valence-corrected chi connectivity index (χ4v) is 6.93. The monoisotopic (exact) mass is 513 g/mol. The van der Waals surface area contributed by atoms with Crippen molar-refractivity contribution in [2.24, 2.45) is 11.8 Å². The fourth-order valence-electron chi connectivity index (χ4n) is 6.93. The highest BCUT2D eigenvalue weighted by molar-refractivity contribution is 5.81. The maximum atomic E-state index is 6.31. The molecule has 3 atom stereocenters. The molecule has 0 radical (unpaired) electrons. The summed E-state index contributed by atoms with van der Waals surface area (Å²) in [5.74, 6) is 1.25. The molecule has 0 fully saturated rings. The van der Waals surface area contributed by atoms with Crippen LogP contribution in [0, 0.1) is 11.8 Å². The average molecular weight is 514 g/mol. The smallest absolute Gasteiger partial charge is 0.135 e. The van der Waals surface area contributed by atoms with Crippen LogP contribution >= 0.6 is 0 Å². The van der Waals surface area contributed by atoms with Gasteiger partial charge in [0.25, 0.3) is 0 Å². The van der Waals surface area contributed by atoms with Crippen molar-refractivity contribution in [1.29, 1.82) is 0 Å². The number of allylic oxidation sites excluding steroid dienone is 3. The van der Waals surface area contributed by atoms with Gasteiger partial charge in [-0.15, -0.1) is 0 Å². The first-order valence-electron chi connectivity index (χ1n) is 14.7. The summed E-state index contributed by atoms with van der Waals surface area (Å²) in [5.41, 5.74) is 7.05. The number of furan rings is 1. The minimum Gasteiger partial charge on any atom is -0.456 e. The van der Waals surface area contributed by atoms with E-state index in [1.165, 1.54) is 48.1 Å². The summed E-state index contributed by atoms with van der Waals surface area (Å²) in [6.45, 7) is 4.68. The minimum absolute atomic E-state index is 0.146. The highest BCUT2D eigenvalue weighted by atomic mass is 16.3. The Morgan fingerprint density at radius 2 is 1.74 bits per heavy atom. The highest BCUT2D eigenvalue weighted by Crippen LogP contribution is 2.50. The molecule has 2 heterocycles. The molecule has 4 aromatic rings. The third kappa shape index (κ3) is 4.89. The van der Waals surface area contributed by atoms with Crippen molar-refractivity contribution in [3.8, 4) is 0 Å². The molecule has 3 aromatic carbocycles. The molecular weight excluding hydrogens is 474 g/mol. The van der Waals surface area contributed by atoms with Crippen LogP contribution in [0.3, 0.4) is 0 Å². The largest absolute Gasteiger partial charge is 0.456 e. The van der Waals surface area contributed by atoms with Gasteiger partial charge in [-0.05, 0) is 72.1 Å². The van der Waals surface area contributed by atoms with Crippen LogP contribution in [0.25, 0.3) is 23.1 Å². The Labute approximate surface area is 232 Å². The highest BCUT2D eigenvalue weighted by Gasteiger charge is 2.45. The van der Waals surface area contributed by atoms with Crippen molar-refractivity contribution in [3.63, 3.8) is 0 Å². The van der Waals surface area contributed by atoms with Crippen molar-refractivity contribution < 1.29 is 4.42 Å². The summed E-state index contributed by atoms with van der Waals surface area (Å²) in [5, 5.41) is 6.11. The van der Waals surface area contributed by atoms with Gasteiger partial charge in [-0.25, -0.2) is 0 Å². The van der Waals surface area contributed by atoms with Crippen molar-refractivity contribution in [2.75, 3.05) is 0 Å². The van der Waals surface area contributed by atoms with Gasteiger partial charge in [0, 0.05) is 27.9 Å². The van der Waals surface area contributed by atoms with Crippen LogP contribution in [0.5, 0.6) is 0 Å². The topological polar surface area (TPSA) is 25.2 Å². The van der Waals surface area contributed by atoms with E-state index in [2.05, 4.69) is 122 Å². The normalized spacial score (nSPS) is 23.4. The maximum absolute atomic E-state index is 6.31. The van der Waals surface area contributed by atoms with E-state index in [4.69, 9.17) is 4.42 Å². The molecular formula is C37H39NO. The maximum Gasteiger partial charge on any atom is 0.135 e. The number of benzene rings is 3. The van der Waals surface area contributed by atoms with Crippen molar-refractivity contribution in [2.45, 2.75) is 57.8 Å². The second kappa shape index (κ2) is 11.1. The average Bonchev–Trinajstić information content (AvgIpc) is 3.50.